The van der Waals surface area contributed by atoms with Gasteiger partial charge in [0.2, 0.25) is 0 Å². The van der Waals surface area contributed by atoms with Gasteiger partial charge in [-0.05, 0) is 38.1 Å². The minimum absolute atomic E-state index is 0.0168. The van der Waals surface area contributed by atoms with Crippen LogP contribution in [0.3, 0.4) is 0 Å². The zero-order valence-corrected chi connectivity index (χ0v) is 15.8. The van der Waals surface area contributed by atoms with E-state index in [0.29, 0.717) is 20.9 Å². The molecule has 0 saturated carbocycles. The van der Waals surface area contributed by atoms with Crippen LogP contribution in [-0.2, 0) is 14.3 Å². The summed E-state index contributed by atoms with van der Waals surface area (Å²) in [7, 11) is 0. The van der Waals surface area contributed by atoms with Gasteiger partial charge in [0.05, 0.1) is 15.8 Å². The summed E-state index contributed by atoms with van der Waals surface area (Å²) in [4.78, 5) is 31.9. The Morgan fingerprint density at radius 1 is 1.12 bits per heavy atom. The third-order valence-electron chi connectivity index (χ3n) is 2.85. The van der Waals surface area contributed by atoms with Crippen molar-refractivity contribution in [1.29, 1.82) is 0 Å². The van der Waals surface area contributed by atoms with Gasteiger partial charge >= 0.3 is 5.97 Å². The van der Waals surface area contributed by atoms with E-state index in [0.717, 1.165) is 23.1 Å². The third-order valence-corrected chi connectivity index (χ3v) is 4.41. The van der Waals surface area contributed by atoms with Crippen molar-refractivity contribution in [3.63, 3.8) is 0 Å². The van der Waals surface area contributed by atoms with Crippen LogP contribution in [0.4, 0.5) is 5.69 Å². The van der Waals surface area contributed by atoms with Crippen LogP contribution in [0.25, 0.3) is 0 Å². The molecule has 1 N–H and O–H groups in total. The predicted molar refractivity (Wildman–Crippen MR) is 98.3 cm³/mol. The lowest BCUT2D eigenvalue weighted by atomic mass is 10.3. The molecule has 0 aliphatic heterocycles. The number of rotatable bonds is 6. The van der Waals surface area contributed by atoms with Crippen LogP contribution in [0.15, 0.2) is 29.4 Å². The number of anilines is 1. The van der Waals surface area contributed by atoms with Crippen molar-refractivity contribution in [2.24, 2.45) is 0 Å². The average molecular weight is 400 g/mol. The monoisotopic (exact) mass is 399 g/mol. The van der Waals surface area contributed by atoms with E-state index in [1.807, 2.05) is 19.9 Å². The number of nitrogens with zero attached hydrogens (tertiary/aromatic N) is 2. The lowest BCUT2D eigenvalue weighted by molar-refractivity contribution is -0.144. The Labute approximate surface area is 159 Å². The number of hydrogen-bond acceptors (Lipinski definition) is 6. The Morgan fingerprint density at radius 3 is 2.44 bits per heavy atom. The molecule has 0 fully saturated rings. The number of nitrogens with one attached hydrogen (secondary N) is 1. The highest BCUT2D eigenvalue weighted by atomic mass is 35.5. The van der Waals surface area contributed by atoms with Crippen molar-refractivity contribution >= 4 is 52.5 Å². The summed E-state index contributed by atoms with van der Waals surface area (Å²) in [5.74, 6) is -0.986. The van der Waals surface area contributed by atoms with Crippen molar-refractivity contribution in [2.75, 3.05) is 17.7 Å². The Balaban J connectivity index is 1.77. The van der Waals surface area contributed by atoms with Crippen molar-refractivity contribution in [1.82, 2.24) is 9.97 Å². The molecule has 0 spiro atoms. The van der Waals surface area contributed by atoms with Crippen molar-refractivity contribution < 1.29 is 14.3 Å². The molecule has 25 heavy (non-hydrogen) atoms. The Kier molecular flexibility index (Phi) is 7.04. The van der Waals surface area contributed by atoms with Gasteiger partial charge < -0.3 is 10.1 Å². The second kappa shape index (κ2) is 9.03. The van der Waals surface area contributed by atoms with E-state index in [-0.39, 0.29) is 5.75 Å². The molecule has 0 bridgehead atoms. The third kappa shape index (κ3) is 6.53. The van der Waals surface area contributed by atoms with Gasteiger partial charge in [0, 0.05) is 17.1 Å². The molecule has 1 amide bonds. The first-order chi connectivity index (χ1) is 11.8. The molecule has 9 heteroatoms. The van der Waals surface area contributed by atoms with Crippen LogP contribution in [-0.4, -0.2) is 34.2 Å². The van der Waals surface area contributed by atoms with E-state index in [9.17, 15) is 9.59 Å². The Bertz CT molecular complexity index is 782. The zero-order valence-electron chi connectivity index (χ0n) is 13.5. The summed E-state index contributed by atoms with van der Waals surface area (Å²) in [6.07, 6.45) is 0. The fourth-order valence-corrected chi connectivity index (χ4v) is 2.89. The maximum atomic E-state index is 11.8. The molecular weight excluding hydrogens is 385 g/mol. The number of benzene rings is 1. The van der Waals surface area contributed by atoms with E-state index in [1.165, 1.54) is 6.07 Å². The van der Waals surface area contributed by atoms with E-state index in [2.05, 4.69) is 15.3 Å². The number of esters is 1. The van der Waals surface area contributed by atoms with Gasteiger partial charge in [0.1, 0.15) is 0 Å². The molecule has 0 unspecified atom stereocenters. The molecule has 1 heterocycles. The number of halogens is 2. The number of aromatic nitrogens is 2. The van der Waals surface area contributed by atoms with Crippen molar-refractivity contribution in [2.45, 2.75) is 19.0 Å². The van der Waals surface area contributed by atoms with Crippen LogP contribution < -0.4 is 5.32 Å². The summed E-state index contributed by atoms with van der Waals surface area (Å²) in [5.41, 5.74) is 2.11. The summed E-state index contributed by atoms with van der Waals surface area (Å²) in [6, 6.07) is 6.51. The first-order valence-electron chi connectivity index (χ1n) is 7.19. The molecule has 2 rings (SSSR count). The normalized spacial score (nSPS) is 10.4. The molecule has 0 radical (unpaired) electrons. The van der Waals surface area contributed by atoms with Gasteiger partial charge in [0.15, 0.2) is 11.8 Å². The average Bonchev–Trinajstić information content (AvgIpc) is 2.53. The second-order valence-corrected chi connectivity index (χ2v) is 6.82. The van der Waals surface area contributed by atoms with Gasteiger partial charge in [-0.1, -0.05) is 35.0 Å². The van der Waals surface area contributed by atoms with Crippen LogP contribution in [0.5, 0.6) is 0 Å². The van der Waals surface area contributed by atoms with Crippen LogP contribution in [0.2, 0.25) is 10.0 Å². The van der Waals surface area contributed by atoms with Gasteiger partial charge in [-0.3, -0.25) is 9.59 Å². The lowest BCUT2D eigenvalue weighted by Gasteiger charge is -2.07. The Hall–Kier alpha value is -1.83. The molecule has 1 aromatic heterocycles. The first kappa shape index (κ1) is 19.5. The number of ether oxygens (including phenoxy) is 1. The highest BCUT2D eigenvalue weighted by molar-refractivity contribution is 7.99. The molecule has 0 atom stereocenters. The van der Waals surface area contributed by atoms with Crippen molar-refractivity contribution in [3.05, 3.63) is 45.7 Å². The van der Waals surface area contributed by atoms with E-state index < -0.39 is 18.5 Å². The number of thioether (sulfide) groups is 1. The molecule has 0 aliphatic carbocycles. The maximum absolute atomic E-state index is 11.8. The minimum Gasteiger partial charge on any atom is -0.455 e. The van der Waals surface area contributed by atoms with Crippen LogP contribution in [0.1, 0.15) is 11.4 Å². The first-order valence-corrected chi connectivity index (χ1v) is 8.93. The fraction of sp³-hybridized carbons (Fsp3) is 0.250. The molecule has 6 nitrogen and oxygen atoms in total. The number of carbonyl (C=O) groups excluding carboxylic acids is 2. The zero-order chi connectivity index (χ0) is 18.4. The van der Waals surface area contributed by atoms with Gasteiger partial charge in [-0.15, -0.1) is 0 Å². The molecule has 2 aromatic rings. The molecule has 132 valence electrons. The number of carbonyl (C=O) groups is 2. The van der Waals surface area contributed by atoms with Gasteiger partial charge in [0.25, 0.3) is 5.91 Å². The SMILES string of the molecule is Cc1cc(C)nc(SCC(=O)OCC(=O)Nc2ccc(Cl)c(Cl)c2)n1. The predicted octanol–water partition coefficient (Wildman–Crippen LogP) is 3.67. The number of hydrogen-bond donors (Lipinski definition) is 1. The quantitative estimate of drug-likeness (QED) is 0.453. The largest absolute Gasteiger partial charge is 0.455 e. The number of aryl methyl sites for hydroxylation is 2. The second-order valence-electron chi connectivity index (χ2n) is 5.06. The highest BCUT2D eigenvalue weighted by Crippen LogP contribution is 2.24. The summed E-state index contributed by atoms with van der Waals surface area (Å²) in [5, 5.41) is 3.76. The van der Waals surface area contributed by atoms with Crippen LogP contribution >= 0.6 is 35.0 Å². The molecule has 1 aromatic carbocycles. The maximum Gasteiger partial charge on any atom is 0.316 e. The van der Waals surface area contributed by atoms with Gasteiger partial charge in [-0.25, -0.2) is 9.97 Å². The standard InChI is InChI=1S/C16H15Cl2N3O3S/c1-9-5-10(2)20-16(19-9)25-8-15(23)24-7-14(22)21-11-3-4-12(17)13(18)6-11/h3-6H,7-8H2,1-2H3,(H,21,22). The van der Waals surface area contributed by atoms with Crippen molar-refractivity contribution in [3.8, 4) is 0 Å². The molecule has 0 aliphatic rings. The molecule has 0 saturated heterocycles. The lowest BCUT2D eigenvalue weighted by Crippen LogP contribution is -2.21. The van der Waals surface area contributed by atoms with Gasteiger partial charge in [-0.2, -0.15) is 0 Å². The van der Waals surface area contributed by atoms with E-state index >= 15 is 0 Å². The van der Waals surface area contributed by atoms with E-state index in [4.69, 9.17) is 27.9 Å². The minimum atomic E-state index is -0.531. The number of amides is 1. The van der Waals surface area contributed by atoms with Crippen LogP contribution in [0, 0.1) is 13.8 Å². The fourth-order valence-electron chi connectivity index (χ4n) is 1.84. The molecular formula is C16H15Cl2N3O3S. The summed E-state index contributed by atoms with van der Waals surface area (Å²) < 4.78 is 4.93. The Morgan fingerprint density at radius 2 is 1.80 bits per heavy atom. The smallest absolute Gasteiger partial charge is 0.316 e. The topological polar surface area (TPSA) is 81.2 Å². The van der Waals surface area contributed by atoms with E-state index in [1.54, 1.807) is 12.1 Å². The summed E-state index contributed by atoms with van der Waals surface area (Å²) >= 11 is 12.8. The summed E-state index contributed by atoms with van der Waals surface area (Å²) in [6.45, 7) is 3.31. The highest BCUT2D eigenvalue weighted by Gasteiger charge is 2.11.